The molecular formula is C14H15BrClNO. The van der Waals surface area contributed by atoms with Crippen molar-refractivity contribution in [2.75, 3.05) is 0 Å². The highest BCUT2D eigenvalue weighted by molar-refractivity contribution is 9.10. The maximum atomic E-state index is 5.76. The van der Waals surface area contributed by atoms with Crippen molar-refractivity contribution in [2.24, 2.45) is 5.73 Å². The van der Waals surface area contributed by atoms with Gasteiger partial charge in [-0.25, -0.2) is 0 Å². The van der Waals surface area contributed by atoms with E-state index in [0.717, 1.165) is 21.3 Å². The Kier molecular flexibility index (Phi) is 6.19. The summed E-state index contributed by atoms with van der Waals surface area (Å²) in [4.78, 5) is 0. The molecule has 2 nitrogen and oxygen atoms in total. The fraction of sp³-hybridized carbons (Fsp3) is 0.143. The Bertz CT molecular complexity index is 490. The molecule has 0 atom stereocenters. The first-order valence-electron chi connectivity index (χ1n) is 5.45. The molecule has 0 heterocycles. The van der Waals surface area contributed by atoms with Crippen LogP contribution < -0.4 is 10.5 Å². The highest BCUT2D eigenvalue weighted by atomic mass is 79.9. The first-order chi connectivity index (χ1) is 8.29. The third kappa shape index (κ3) is 4.02. The molecule has 0 aliphatic carbocycles. The van der Waals surface area contributed by atoms with Crippen LogP contribution in [0.1, 0.15) is 11.1 Å². The lowest BCUT2D eigenvalue weighted by molar-refractivity contribution is 0.304. The molecule has 0 unspecified atom stereocenters. The van der Waals surface area contributed by atoms with E-state index in [1.807, 2.05) is 48.5 Å². The topological polar surface area (TPSA) is 35.2 Å². The Hall–Kier alpha value is -1.03. The summed E-state index contributed by atoms with van der Waals surface area (Å²) in [7, 11) is 0. The molecule has 0 saturated carbocycles. The lowest BCUT2D eigenvalue weighted by Crippen LogP contribution is -1.99. The van der Waals surface area contributed by atoms with E-state index >= 15 is 0 Å². The van der Waals surface area contributed by atoms with Crippen molar-refractivity contribution in [3.8, 4) is 5.75 Å². The van der Waals surface area contributed by atoms with Gasteiger partial charge in [-0.15, -0.1) is 12.4 Å². The second-order valence-corrected chi connectivity index (χ2v) is 4.60. The second-order valence-electron chi connectivity index (χ2n) is 3.74. The van der Waals surface area contributed by atoms with Crippen LogP contribution in [0.15, 0.2) is 53.0 Å². The van der Waals surface area contributed by atoms with Gasteiger partial charge in [0.05, 0.1) is 4.47 Å². The van der Waals surface area contributed by atoms with E-state index in [2.05, 4.69) is 15.9 Å². The van der Waals surface area contributed by atoms with Gasteiger partial charge >= 0.3 is 0 Å². The first kappa shape index (κ1) is 15.0. The average molecular weight is 329 g/mol. The van der Waals surface area contributed by atoms with Crippen molar-refractivity contribution in [1.82, 2.24) is 0 Å². The SMILES string of the molecule is Cl.NCc1ccc(Br)c(OCc2ccccc2)c1. The van der Waals surface area contributed by atoms with Crippen LogP contribution in [-0.2, 0) is 13.2 Å². The zero-order valence-corrected chi connectivity index (χ0v) is 12.2. The van der Waals surface area contributed by atoms with Gasteiger partial charge in [-0.05, 0) is 39.2 Å². The maximum absolute atomic E-state index is 5.76. The van der Waals surface area contributed by atoms with E-state index in [4.69, 9.17) is 10.5 Å². The van der Waals surface area contributed by atoms with Crippen LogP contribution >= 0.6 is 28.3 Å². The third-order valence-electron chi connectivity index (χ3n) is 2.47. The van der Waals surface area contributed by atoms with E-state index in [-0.39, 0.29) is 12.4 Å². The largest absolute Gasteiger partial charge is 0.488 e. The summed E-state index contributed by atoms with van der Waals surface area (Å²) in [6, 6.07) is 16.0. The summed E-state index contributed by atoms with van der Waals surface area (Å²) in [6.45, 7) is 1.09. The lowest BCUT2D eigenvalue weighted by atomic mass is 10.2. The number of hydrogen-bond donors (Lipinski definition) is 1. The fourth-order valence-corrected chi connectivity index (χ4v) is 1.88. The summed E-state index contributed by atoms with van der Waals surface area (Å²) in [5, 5.41) is 0. The Morgan fingerprint density at radius 3 is 2.39 bits per heavy atom. The zero-order valence-electron chi connectivity index (χ0n) is 9.80. The van der Waals surface area contributed by atoms with Crippen LogP contribution in [0.4, 0.5) is 0 Å². The third-order valence-corrected chi connectivity index (χ3v) is 3.12. The van der Waals surface area contributed by atoms with Crippen molar-refractivity contribution in [3.63, 3.8) is 0 Å². The molecule has 0 aliphatic rings. The predicted octanol–water partition coefficient (Wildman–Crippen LogP) is 3.91. The van der Waals surface area contributed by atoms with E-state index in [1.165, 1.54) is 0 Å². The van der Waals surface area contributed by atoms with Crippen LogP contribution in [0.2, 0.25) is 0 Å². The number of halogens is 2. The van der Waals surface area contributed by atoms with Gasteiger partial charge < -0.3 is 10.5 Å². The minimum atomic E-state index is 0. The van der Waals surface area contributed by atoms with E-state index in [1.54, 1.807) is 0 Å². The van der Waals surface area contributed by atoms with E-state index < -0.39 is 0 Å². The van der Waals surface area contributed by atoms with Crippen LogP contribution in [0.25, 0.3) is 0 Å². The molecule has 4 heteroatoms. The molecule has 0 aliphatic heterocycles. The minimum absolute atomic E-state index is 0. The van der Waals surface area contributed by atoms with Crippen molar-refractivity contribution in [1.29, 1.82) is 0 Å². The van der Waals surface area contributed by atoms with Gasteiger partial charge in [-0.3, -0.25) is 0 Å². The molecule has 0 amide bonds. The molecule has 96 valence electrons. The van der Waals surface area contributed by atoms with Crippen molar-refractivity contribution >= 4 is 28.3 Å². The standard InChI is InChI=1S/C14H14BrNO.ClH/c15-13-7-6-12(9-16)8-14(13)17-10-11-4-2-1-3-5-11;/h1-8H,9-10,16H2;1H. The molecule has 2 rings (SSSR count). The van der Waals surface area contributed by atoms with Crippen LogP contribution in [-0.4, -0.2) is 0 Å². The Balaban J connectivity index is 0.00000162. The molecule has 0 radical (unpaired) electrons. The summed E-state index contributed by atoms with van der Waals surface area (Å²) in [5.41, 5.74) is 7.82. The number of hydrogen-bond acceptors (Lipinski definition) is 2. The summed E-state index contributed by atoms with van der Waals surface area (Å²) >= 11 is 3.47. The monoisotopic (exact) mass is 327 g/mol. The number of benzene rings is 2. The molecule has 18 heavy (non-hydrogen) atoms. The van der Waals surface area contributed by atoms with Gasteiger partial charge in [0, 0.05) is 6.54 Å². The quantitative estimate of drug-likeness (QED) is 0.923. The van der Waals surface area contributed by atoms with Gasteiger partial charge in [0.2, 0.25) is 0 Å². The molecule has 2 N–H and O–H groups in total. The Morgan fingerprint density at radius 1 is 1.00 bits per heavy atom. The number of nitrogens with two attached hydrogens (primary N) is 1. The fourth-order valence-electron chi connectivity index (χ4n) is 1.52. The summed E-state index contributed by atoms with van der Waals surface area (Å²) in [5.74, 6) is 0.830. The normalized spacial score (nSPS) is 9.67. The van der Waals surface area contributed by atoms with Gasteiger partial charge in [-0.2, -0.15) is 0 Å². The summed E-state index contributed by atoms with van der Waals surface area (Å²) < 4.78 is 6.71. The second kappa shape index (κ2) is 7.41. The van der Waals surface area contributed by atoms with E-state index in [0.29, 0.717) is 13.2 Å². The molecule has 0 saturated heterocycles. The van der Waals surface area contributed by atoms with Gasteiger partial charge in [0.25, 0.3) is 0 Å². The average Bonchev–Trinajstić information content (AvgIpc) is 2.39. The first-order valence-corrected chi connectivity index (χ1v) is 6.24. The van der Waals surface area contributed by atoms with Crippen LogP contribution in [0, 0.1) is 0 Å². The smallest absolute Gasteiger partial charge is 0.134 e. The lowest BCUT2D eigenvalue weighted by Gasteiger charge is -2.09. The molecule has 2 aromatic rings. The molecule has 0 fully saturated rings. The molecule has 0 aromatic heterocycles. The molecule has 2 aromatic carbocycles. The molecule has 0 spiro atoms. The molecule has 0 bridgehead atoms. The van der Waals surface area contributed by atoms with Crippen LogP contribution in [0.3, 0.4) is 0 Å². The van der Waals surface area contributed by atoms with Crippen molar-refractivity contribution in [2.45, 2.75) is 13.2 Å². The van der Waals surface area contributed by atoms with Gasteiger partial charge in [0.15, 0.2) is 0 Å². The minimum Gasteiger partial charge on any atom is -0.488 e. The highest BCUT2D eigenvalue weighted by Crippen LogP contribution is 2.26. The van der Waals surface area contributed by atoms with Crippen LogP contribution in [0.5, 0.6) is 5.75 Å². The van der Waals surface area contributed by atoms with E-state index in [9.17, 15) is 0 Å². The highest BCUT2D eigenvalue weighted by Gasteiger charge is 2.02. The van der Waals surface area contributed by atoms with Crippen molar-refractivity contribution < 1.29 is 4.74 Å². The van der Waals surface area contributed by atoms with Crippen molar-refractivity contribution in [3.05, 3.63) is 64.1 Å². The zero-order chi connectivity index (χ0) is 12.1. The summed E-state index contributed by atoms with van der Waals surface area (Å²) in [6.07, 6.45) is 0. The van der Waals surface area contributed by atoms with Gasteiger partial charge in [0.1, 0.15) is 12.4 Å². The Labute approximate surface area is 122 Å². The number of ether oxygens (including phenoxy) is 1. The Morgan fingerprint density at radius 2 is 1.72 bits per heavy atom. The van der Waals surface area contributed by atoms with Gasteiger partial charge in [-0.1, -0.05) is 36.4 Å². The molecular weight excluding hydrogens is 314 g/mol. The maximum Gasteiger partial charge on any atom is 0.134 e. The predicted molar refractivity (Wildman–Crippen MR) is 80.1 cm³/mol. The number of rotatable bonds is 4.